The van der Waals surface area contributed by atoms with E-state index in [0.717, 1.165) is 0 Å². The molecule has 1 fully saturated rings. The number of carbonyl (C=O) groups is 1. The molecule has 1 saturated heterocycles. The van der Waals surface area contributed by atoms with Gasteiger partial charge in [-0.2, -0.15) is 0 Å². The fourth-order valence-electron chi connectivity index (χ4n) is 0.782. The average molecular weight is 146 g/mol. The van der Waals surface area contributed by atoms with Crippen molar-refractivity contribution in [2.75, 3.05) is 13.7 Å². The highest BCUT2D eigenvalue weighted by Gasteiger charge is 2.21. The fraction of sp³-hybridized carbons (Fsp3) is 0.833. The summed E-state index contributed by atoms with van der Waals surface area (Å²) in [7, 11) is 1.54. The van der Waals surface area contributed by atoms with Gasteiger partial charge in [-0.25, -0.2) is 0 Å². The topological polar surface area (TPSA) is 44.8 Å². The second-order valence-electron chi connectivity index (χ2n) is 1.97. The van der Waals surface area contributed by atoms with E-state index in [2.05, 4.69) is 0 Å². The molecule has 0 aliphatic carbocycles. The molecule has 1 aliphatic rings. The van der Waals surface area contributed by atoms with Crippen LogP contribution in [-0.4, -0.2) is 32.6 Å². The summed E-state index contributed by atoms with van der Waals surface area (Å²) < 4.78 is 14.7. The van der Waals surface area contributed by atoms with Gasteiger partial charge in [0.1, 0.15) is 0 Å². The van der Waals surface area contributed by atoms with E-state index in [1.807, 2.05) is 0 Å². The summed E-state index contributed by atoms with van der Waals surface area (Å²) in [5, 5.41) is 0. The highest BCUT2D eigenvalue weighted by molar-refractivity contribution is 5.53. The molecular weight excluding hydrogens is 136 g/mol. The van der Waals surface area contributed by atoms with Gasteiger partial charge >= 0.3 is 0 Å². The van der Waals surface area contributed by atoms with Gasteiger partial charge in [-0.15, -0.1) is 0 Å². The molecule has 0 saturated carbocycles. The van der Waals surface area contributed by atoms with Crippen molar-refractivity contribution >= 4 is 6.29 Å². The normalized spacial score (nSPS) is 33.7. The number of hydrogen-bond acceptors (Lipinski definition) is 4. The molecule has 1 heterocycles. The Labute approximate surface area is 59.1 Å². The third kappa shape index (κ3) is 1.76. The lowest BCUT2D eigenvalue weighted by Gasteiger charge is -2.25. The summed E-state index contributed by atoms with van der Waals surface area (Å²) in [5.74, 6) is 0. The summed E-state index contributed by atoms with van der Waals surface area (Å²) in [6.07, 6.45) is 0.272. The molecule has 2 unspecified atom stereocenters. The van der Waals surface area contributed by atoms with E-state index < -0.39 is 6.29 Å². The second-order valence-corrected chi connectivity index (χ2v) is 1.97. The third-order valence-corrected chi connectivity index (χ3v) is 1.30. The maximum atomic E-state index is 10.1. The number of carbonyl (C=O) groups excluding carboxylic acids is 1. The van der Waals surface area contributed by atoms with E-state index in [4.69, 9.17) is 14.2 Å². The summed E-state index contributed by atoms with van der Waals surface area (Å²) in [4.78, 5) is 10.1. The van der Waals surface area contributed by atoms with Crippen molar-refractivity contribution in [3.8, 4) is 0 Å². The van der Waals surface area contributed by atoms with E-state index in [0.29, 0.717) is 19.3 Å². The van der Waals surface area contributed by atoms with Crippen molar-refractivity contribution in [1.82, 2.24) is 0 Å². The Morgan fingerprint density at radius 2 is 2.50 bits per heavy atom. The van der Waals surface area contributed by atoms with Crippen LogP contribution in [0.15, 0.2) is 0 Å². The van der Waals surface area contributed by atoms with Crippen LogP contribution in [-0.2, 0) is 19.0 Å². The molecule has 1 rings (SSSR count). The molecule has 0 spiro atoms. The Hall–Kier alpha value is -0.450. The summed E-state index contributed by atoms with van der Waals surface area (Å²) >= 11 is 0. The number of rotatable bonds is 2. The third-order valence-electron chi connectivity index (χ3n) is 1.30. The zero-order valence-corrected chi connectivity index (χ0v) is 5.78. The molecule has 0 aromatic carbocycles. The summed E-state index contributed by atoms with van der Waals surface area (Å²) in [6.45, 7) is 0.516. The summed E-state index contributed by atoms with van der Waals surface area (Å²) in [6, 6.07) is 0. The number of methoxy groups -OCH3 is 1. The maximum Gasteiger partial charge on any atom is 0.217 e. The predicted molar refractivity (Wildman–Crippen MR) is 32.3 cm³/mol. The lowest BCUT2D eigenvalue weighted by molar-refractivity contribution is -0.262. The molecule has 0 N–H and O–H groups in total. The van der Waals surface area contributed by atoms with E-state index in [1.54, 1.807) is 0 Å². The fourth-order valence-corrected chi connectivity index (χ4v) is 0.782. The van der Waals surface area contributed by atoms with Crippen LogP contribution in [0.25, 0.3) is 0 Å². The molecule has 10 heavy (non-hydrogen) atoms. The van der Waals surface area contributed by atoms with Crippen molar-refractivity contribution in [2.24, 2.45) is 0 Å². The lowest BCUT2D eigenvalue weighted by atomic mass is 10.4. The van der Waals surface area contributed by atoms with Crippen molar-refractivity contribution in [3.05, 3.63) is 0 Å². The highest BCUT2D eigenvalue weighted by Crippen LogP contribution is 2.10. The quantitative estimate of drug-likeness (QED) is 0.511. The van der Waals surface area contributed by atoms with Gasteiger partial charge in [-0.1, -0.05) is 0 Å². The molecule has 58 valence electrons. The Bertz CT molecular complexity index is 114. The molecule has 0 bridgehead atoms. The van der Waals surface area contributed by atoms with Gasteiger partial charge in [0.25, 0.3) is 0 Å². The van der Waals surface area contributed by atoms with Crippen LogP contribution in [0, 0.1) is 0 Å². The van der Waals surface area contributed by atoms with Crippen LogP contribution >= 0.6 is 0 Å². The van der Waals surface area contributed by atoms with Crippen molar-refractivity contribution in [2.45, 2.75) is 19.0 Å². The SMILES string of the molecule is COC1CCOC(C=O)O1. The van der Waals surface area contributed by atoms with Crippen molar-refractivity contribution in [3.63, 3.8) is 0 Å². The Kier molecular flexibility index (Phi) is 2.80. The molecule has 0 amide bonds. The van der Waals surface area contributed by atoms with Crippen LogP contribution in [0.2, 0.25) is 0 Å². The molecule has 2 atom stereocenters. The molecular formula is C6H10O4. The van der Waals surface area contributed by atoms with Crippen LogP contribution in [0.5, 0.6) is 0 Å². The Morgan fingerprint density at radius 1 is 1.70 bits per heavy atom. The second kappa shape index (κ2) is 3.65. The van der Waals surface area contributed by atoms with Gasteiger partial charge in [0.05, 0.1) is 6.61 Å². The van der Waals surface area contributed by atoms with Gasteiger partial charge in [0.15, 0.2) is 12.6 Å². The minimum absolute atomic E-state index is 0.288. The zero-order chi connectivity index (χ0) is 7.40. The van der Waals surface area contributed by atoms with Crippen LogP contribution < -0.4 is 0 Å². The summed E-state index contributed by atoms with van der Waals surface area (Å²) in [5.41, 5.74) is 0. The zero-order valence-electron chi connectivity index (χ0n) is 5.78. The molecule has 4 nitrogen and oxygen atoms in total. The average Bonchev–Trinajstić information content (AvgIpc) is 2.05. The lowest BCUT2D eigenvalue weighted by Crippen LogP contribution is -2.34. The largest absolute Gasteiger partial charge is 0.356 e. The van der Waals surface area contributed by atoms with Gasteiger partial charge < -0.3 is 14.2 Å². The Morgan fingerprint density at radius 3 is 3.10 bits per heavy atom. The molecule has 1 aliphatic heterocycles. The predicted octanol–water partition coefficient (Wildman–Crippen LogP) is -0.0792. The van der Waals surface area contributed by atoms with Crippen molar-refractivity contribution < 1.29 is 19.0 Å². The van der Waals surface area contributed by atoms with Gasteiger partial charge in [-0.3, -0.25) is 4.79 Å². The van der Waals surface area contributed by atoms with E-state index in [-0.39, 0.29) is 6.29 Å². The van der Waals surface area contributed by atoms with Crippen LogP contribution in [0.3, 0.4) is 0 Å². The minimum Gasteiger partial charge on any atom is -0.356 e. The monoisotopic (exact) mass is 146 g/mol. The number of hydrogen-bond donors (Lipinski definition) is 0. The molecule has 0 aromatic heterocycles. The standard InChI is InChI=1S/C6H10O4/c1-8-5-2-3-9-6(4-7)10-5/h4-6H,2-3H2,1H3. The smallest absolute Gasteiger partial charge is 0.217 e. The van der Waals surface area contributed by atoms with Gasteiger partial charge in [0.2, 0.25) is 6.29 Å². The van der Waals surface area contributed by atoms with Gasteiger partial charge in [0, 0.05) is 13.5 Å². The van der Waals surface area contributed by atoms with Crippen molar-refractivity contribution in [1.29, 1.82) is 0 Å². The van der Waals surface area contributed by atoms with Crippen LogP contribution in [0.1, 0.15) is 6.42 Å². The van der Waals surface area contributed by atoms with Crippen LogP contribution in [0.4, 0.5) is 0 Å². The van der Waals surface area contributed by atoms with E-state index >= 15 is 0 Å². The first kappa shape index (κ1) is 7.65. The molecule has 0 aromatic rings. The first-order chi connectivity index (χ1) is 4.86. The first-order valence-corrected chi connectivity index (χ1v) is 3.12. The Balaban J connectivity index is 2.31. The first-order valence-electron chi connectivity index (χ1n) is 3.12. The maximum absolute atomic E-state index is 10.1. The highest BCUT2D eigenvalue weighted by atomic mass is 16.8. The minimum atomic E-state index is -0.737. The van der Waals surface area contributed by atoms with E-state index in [1.165, 1.54) is 7.11 Å². The van der Waals surface area contributed by atoms with Gasteiger partial charge in [-0.05, 0) is 0 Å². The number of aldehydes is 1. The molecule has 4 heteroatoms. The van der Waals surface area contributed by atoms with E-state index in [9.17, 15) is 4.79 Å². The molecule has 0 radical (unpaired) electrons. The number of ether oxygens (including phenoxy) is 3.